The predicted octanol–water partition coefficient (Wildman–Crippen LogP) is 3.28. The second-order valence-corrected chi connectivity index (χ2v) is 7.40. The summed E-state index contributed by atoms with van der Waals surface area (Å²) in [7, 11) is 0. The fourth-order valence-corrected chi connectivity index (χ4v) is 3.55. The molecule has 1 aliphatic rings. The number of para-hydroxylation sites is 1. The third-order valence-electron chi connectivity index (χ3n) is 5.12. The molecule has 3 rings (SSSR count). The van der Waals surface area contributed by atoms with Crippen molar-refractivity contribution in [3.05, 3.63) is 66.1 Å². The van der Waals surface area contributed by atoms with Crippen molar-refractivity contribution in [3.63, 3.8) is 0 Å². The van der Waals surface area contributed by atoms with E-state index in [4.69, 9.17) is 18.9 Å². The number of benzene rings is 1. The first-order chi connectivity index (χ1) is 15.2. The van der Waals surface area contributed by atoms with Gasteiger partial charge < -0.3 is 24.5 Å². The SMILES string of the molecule is C=CCOc1ccccc1CN=C(NCC)NCC(c1ccc(C)o1)N1CCOCC1. The van der Waals surface area contributed by atoms with E-state index < -0.39 is 0 Å². The van der Waals surface area contributed by atoms with E-state index in [1.807, 2.05) is 37.3 Å². The van der Waals surface area contributed by atoms with Gasteiger partial charge in [-0.2, -0.15) is 0 Å². The van der Waals surface area contributed by atoms with E-state index in [1.165, 1.54) is 0 Å². The van der Waals surface area contributed by atoms with Gasteiger partial charge in [0.1, 0.15) is 23.9 Å². The molecule has 0 amide bonds. The van der Waals surface area contributed by atoms with Crippen molar-refractivity contribution in [1.82, 2.24) is 15.5 Å². The number of ether oxygens (including phenoxy) is 2. The van der Waals surface area contributed by atoms with E-state index in [2.05, 4.69) is 35.1 Å². The predicted molar refractivity (Wildman–Crippen MR) is 124 cm³/mol. The third kappa shape index (κ3) is 6.87. The van der Waals surface area contributed by atoms with E-state index in [-0.39, 0.29) is 6.04 Å². The van der Waals surface area contributed by atoms with Crippen LogP contribution in [0.1, 0.15) is 30.0 Å². The molecule has 1 aliphatic heterocycles. The summed E-state index contributed by atoms with van der Waals surface area (Å²) in [6.07, 6.45) is 1.74. The lowest BCUT2D eigenvalue weighted by molar-refractivity contribution is 0.0124. The summed E-state index contributed by atoms with van der Waals surface area (Å²) < 4.78 is 17.3. The summed E-state index contributed by atoms with van der Waals surface area (Å²) in [4.78, 5) is 7.18. The summed E-state index contributed by atoms with van der Waals surface area (Å²) in [5.41, 5.74) is 1.04. The molecule has 168 valence electrons. The Morgan fingerprint density at radius 3 is 2.74 bits per heavy atom. The molecule has 2 heterocycles. The number of hydrogen-bond donors (Lipinski definition) is 2. The van der Waals surface area contributed by atoms with Gasteiger partial charge in [0, 0.05) is 31.7 Å². The fraction of sp³-hybridized carbons (Fsp3) is 0.458. The first kappa shape index (κ1) is 22.9. The molecule has 7 heteroatoms. The number of aryl methyl sites for hydroxylation is 1. The number of rotatable bonds is 10. The molecule has 0 bridgehead atoms. The van der Waals surface area contributed by atoms with E-state index in [0.29, 0.717) is 19.7 Å². The average Bonchev–Trinajstić information content (AvgIpc) is 3.23. The molecule has 0 radical (unpaired) electrons. The van der Waals surface area contributed by atoms with E-state index in [9.17, 15) is 0 Å². The zero-order chi connectivity index (χ0) is 21.9. The Morgan fingerprint density at radius 2 is 2.03 bits per heavy atom. The Morgan fingerprint density at radius 1 is 1.23 bits per heavy atom. The number of morpholine rings is 1. The molecular weight excluding hydrogens is 392 g/mol. The van der Waals surface area contributed by atoms with Crippen molar-refractivity contribution in [2.45, 2.75) is 26.4 Å². The molecule has 2 aromatic rings. The van der Waals surface area contributed by atoms with Crippen LogP contribution in [0.2, 0.25) is 0 Å². The summed E-state index contributed by atoms with van der Waals surface area (Å²) >= 11 is 0. The lowest BCUT2D eigenvalue weighted by Crippen LogP contribution is -2.46. The van der Waals surface area contributed by atoms with Crippen molar-refractivity contribution < 1.29 is 13.9 Å². The van der Waals surface area contributed by atoms with Gasteiger partial charge in [-0.1, -0.05) is 30.9 Å². The maximum atomic E-state index is 5.97. The summed E-state index contributed by atoms with van der Waals surface area (Å²) in [5.74, 6) is 3.48. The lowest BCUT2D eigenvalue weighted by Gasteiger charge is -2.33. The average molecular weight is 427 g/mol. The van der Waals surface area contributed by atoms with Crippen molar-refractivity contribution >= 4 is 5.96 Å². The number of aliphatic imine (C=N–C) groups is 1. The number of nitrogens with zero attached hydrogens (tertiary/aromatic N) is 2. The van der Waals surface area contributed by atoms with Gasteiger partial charge in [0.15, 0.2) is 5.96 Å². The van der Waals surface area contributed by atoms with E-state index >= 15 is 0 Å². The Labute approximate surface area is 185 Å². The van der Waals surface area contributed by atoms with Gasteiger partial charge in [-0.3, -0.25) is 4.90 Å². The summed E-state index contributed by atoms with van der Waals surface area (Å²) in [5, 5.41) is 6.84. The van der Waals surface area contributed by atoms with Gasteiger partial charge in [-0.05, 0) is 32.0 Å². The van der Waals surface area contributed by atoms with Gasteiger partial charge >= 0.3 is 0 Å². The molecule has 0 saturated carbocycles. The van der Waals surface area contributed by atoms with Crippen LogP contribution in [0, 0.1) is 6.92 Å². The Hall–Kier alpha value is -2.77. The van der Waals surface area contributed by atoms with E-state index in [1.54, 1.807) is 6.08 Å². The minimum absolute atomic E-state index is 0.115. The lowest BCUT2D eigenvalue weighted by atomic mass is 10.1. The van der Waals surface area contributed by atoms with Crippen LogP contribution in [0.5, 0.6) is 5.75 Å². The Balaban J connectivity index is 1.69. The fourth-order valence-electron chi connectivity index (χ4n) is 3.55. The molecule has 1 unspecified atom stereocenters. The third-order valence-corrected chi connectivity index (χ3v) is 5.12. The molecule has 2 N–H and O–H groups in total. The number of guanidine groups is 1. The quantitative estimate of drug-likeness (QED) is 0.345. The van der Waals surface area contributed by atoms with Crippen LogP contribution >= 0.6 is 0 Å². The largest absolute Gasteiger partial charge is 0.489 e. The van der Waals surface area contributed by atoms with Crippen LogP contribution in [0.25, 0.3) is 0 Å². The molecule has 7 nitrogen and oxygen atoms in total. The smallest absolute Gasteiger partial charge is 0.191 e. The van der Waals surface area contributed by atoms with Crippen LogP contribution in [0.4, 0.5) is 0 Å². The highest BCUT2D eigenvalue weighted by Gasteiger charge is 2.25. The Kier molecular flexibility index (Phi) is 8.99. The monoisotopic (exact) mass is 426 g/mol. The normalized spacial score (nSPS) is 16.0. The van der Waals surface area contributed by atoms with Gasteiger partial charge in [0.25, 0.3) is 0 Å². The molecule has 31 heavy (non-hydrogen) atoms. The van der Waals surface area contributed by atoms with Crippen molar-refractivity contribution in [1.29, 1.82) is 0 Å². The van der Waals surface area contributed by atoms with Crippen LogP contribution in [-0.4, -0.2) is 56.9 Å². The maximum Gasteiger partial charge on any atom is 0.191 e. The molecule has 1 aromatic heterocycles. The highest BCUT2D eigenvalue weighted by Crippen LogP contribution is 2.23. The first-order valence-corrected chi connectivity index (χ1v) is 10.9. The molecular formula is C24H34N4O3. The molecule has 1 atom stereocenters. The molecule has 1 saturated heterocycles. The second-order valence-electron chi connectivity index (χ2n) is 7.40. The zero-order valence-corrected chi connectivity index (χ0v) is 18.6. The zero-order valence-electron chi connectivity index (χ0n) is 18.6. The maximum absolute atomic E-state index is 5.97. The minimum atomic E-state index is 0.115. The summed E-state index contributed by atoms with van der Waals surface area (Å²) in [6.45, 7) is 13.5. The first-order valence-electron chi connectivity index (χ1n) is 10.9. The van der Waals surface area contributed by atoms with Crippen molar-refractivity contribution in [2.24, 2.45) is 4.99 Å². The van der Waals surface area contributed by atoms with Crippen LogP contribution in [0.3, 0.4) is 0 Å². The molecule has 0 spiro atoms. The molecule has 0 aliphatic carbocycles. The van der Waals surface area contributed by atoms with Crippen LogP contribution < -0.4 is 15.4 Å². The minimum Gasteiger partial charge on any atom is -0.489 e. The highest BCUT2D eigenvalue weighted by molar-refractivity contribution is 5.79. The van der Waals surface area contributed by atoms with Crippen molar-refractivity contribution in [3.8, 4) is 5.75 Å². The standard InChI is InChI=1S/C24H34N4O3/c1-4-14-30-22-9-7-6-8-20(22)17-26-24(25-5-2)27-18-21(23-11-10-19(3)31-23)28-12-15-29-16-13-28/h4,6-11,21H,1,5,12-18H2,2-3H3,(H2,25,26,27). The molecule has 1 aromatic carbocycles. The van der Waals surface area contributed by atoms with Gasteiger partial charge in [0.2, 0.25) is 0 Å². The van der Waals surface area contributed by atoms with Crippen LogP contribution in [-0.2, 0) is 11.3 Å². The molecule has 1 fully saturated rings. The summed E-state index contributed by atoms with van der Waals surface area (Å²) in [6, 6.07) is 12.2. The number of hydrogen-bond acceptors (Lipinski definition) is 5. The number of nitrogens with one attached hydrogen (secondary N) is 2. The van der Waals surface area contributed by atoms with Gasteiger partial charge in [0.05, 0.1) is 25.8 Å². The topological polar surface area (TPSA) is 71.3 Å². The van der Waals surface area contributed by atoms with Crippen molar-refractivity contribution in [2.75, 3.05) is 46.0 Å². The highest BCUT2D eigenvalue weighted by atomic mass is 16.5. The van der Waals surface area contributed by atoms with Gasteiger partial charge in [-0.15, -0.1) is 0 Å². The van der Waals surface area contributed by atoms with Gasteiger partial charge in [-0.25, -0.2) is 4.99 Å². The van der Waals surface area contributed by atoms with Crippen LogP contribution in [0.15, 0.2) is 58.5 Å². The Bertz CT molecular complexity index is 843. The second kappa shape index (κ2) is 12.2. The number of furan rings is 1. The van der Waals surface area contributed by atoms with E-state index in [0.717, 1.165) is 61.6 Å².